The van der Waals surface area contributed by atoms with Crippen molar-refractivity contribution < 1.29 is 33.4 Å². The Balaban J connectivity index is 2.07. The number of likely N-dealkylation sites (tertiary alicyclic amines) is 2. The summed E-state index contributed by atoms with van der Waals surface area (Å²) in [6.07, 6.45) is 0.508. The maximum absolute atomic E-state index is 13.6. The Morgan fingerprint density at radius 2 is 1.21 bits per heavy atom. The van der Waals surface area contributed by atoms with Crippen LogP contribution in [0.4, 0.5) is 9.59 Å². The molecule has 0 spiro atoms. The second-order valence-corrected chi connectivity index (χ2v) is 10.9. The SMILES string of the molecule is CCOC(=O)C1(C(=O)C2CCN(C(=O)OC(C)(C)C)CC2)CCN(C(=O)OC(C)(C)C)CC1. The number of nitrogens with zero attached hydrogens (tertiary/aromatic N) is 2. The quantitative estimate of drug-likeness (QED) is 0.351. The van der Waals surface area contributed by atoms with Gasteiger partial charge in [0, 0.05) is 32.1 Å². The van der Waals surface area contributed by atoms with E-state index in [1.807, 2.05) is 20.8 Å². The fourth-order valence-corrected chi connectivity index (χ4v) is 4.26. The molecule has 2 rings (SSSR count). The molecule has 0 unspecified atom stereocenters. The minimum atomic E-state index is -1.27. The van der Waals surface area contributed by atoms with E-state index in [0.717, 1.165) is 0 Å². The third kappa shape index (κ3) is 7.08. The summed E-state index contributed by atoms with van der Waals surface area (Å²) in [5.74, 6) is -1.01. The third-order valence-corrected chi connectivity index (χ3v) is 5.92. The van der Waals surface area contributed by atoms with Crippen LogP contribution in [-0.4, -0.2) is 77.7 Å². The Morgan fingerprint density at radius 3 is 1.61 bits per heavy atom. The Bertz CT molecular complexity index is 735. The molecule has 0 aromatic heterocycles. The van der Waals surface area contributed by atoms with Crippen molar-refractivity contribution in [2.45, 2.75) is 85.4 Å². The molecule has 2 aliphatic rings. The first-order valence-electron chi connectivity index (χ1n) is 11.9. The van der Waals surface area contributed by atoms with E-state index in [1.54, 1.807) is 37.5 Å². The highest BCUT2D eigenvalue weighted by Gasteiger charge is 2.52. The fraction of sp³-hybridized carbons (Fsp3) is 0.833. The summed E-state index contributed by atoms with van der Waals surface area (Å²) in [6, 6.07) is 0. The van der Waals surface area contributed by atoms with Crippen LogP contribution in [0.1, 0.15) is 74.1 Å². The highest BCUT2D eigenvalue weighted by molar-refractivity contribution is 6.05. The molecule has 2 amide bonds. The lowest BCUT2D eigenvalue weighted by Gasteiger charge is -2.42. The lowest BCUT2D eigenvalue weighted by atomic mass is 9.69. The molecule has 33 heavy (non-hydrogen) atoms. The molecule has 0 aliphatic carbocycles. The number of Topliss-reactive ketones (excluding diaryl/α,β-unsaturated/α-hetero) is 1. The third-order valence-electron chi connectivity index (χ3n) is 5.92. The predicted octanol–water partition coefficient (Wildman–Crippen LogP) is 3.78. The van der Waals surface area contributed by atoms with Gasteiger partial charge in [-0.15, -0.1) is 0 Å². The number of amides is 2. The van der Waals surface area contributed by atoms with E-state index >= 15 is 0 Å². The Morgan fingerprint density at radius 1 is 0.788 bits per heavy atom. The zero-order chi connectivity index (χ0) is 25.0. The van der Waals surface area contributed by atoms with Gasteiger partial charge in [0.1, 0.15) is 16.6 Å². The van der Waals surface area contributed by atoms with Crippen molar-refractivity contribution in [2.75, 3.05) is 32.8 Å². The number of hydrogen-bond acceptors (Lipinski definition) is 7. The average Bonchev–Trinajstić information content (AvgIpc) is 2.71. The summed E-state index contributed by atoms with van der Waals surface area (Å²) in [5.41, 5.74) is -2.47. The molecular weight excluding hydrogens is 428 g/mol. The maximum Gasteiger partial charge on any atom is 0.410 e. The van der Waals surface area contributed by atoms with Gasteiger partial charge in [0.2, 0.25) is 0 Å². The number of rotatable bonds is 4. The van der Waals surface area contributed by atoms with Gasteiger partial charge >= 0.3 is 18.2 Å². The molecule has 9 heteroatoms. The van der Waals surface area contributed by atoms with Gasteiger partial charge in [-0.25, -0.2) is 9.59 Å². The standard InChI is InChI=1S/C24H40N2O7/c1-8-31-19(28)24(11-15-26(16-12-24)21(30)33-23(5,6)7)18(27)17-9-13-25(14-10-17)20(29)32-22(2,3)4/h17H,8-16H2,1-7H3. The van der Waals surface area contributed by atoms with Gasteiger partial charge in [-0.1, -0.05) is 0 Å². The van der Waals surface area contributed by atoms with Crippen LogP contribution in [0.2, 0.25) is 0 Å². The van der Waals surface area contributed by atoms with Crippen molar-refractivity contribution >= 4 is 23.9 Å². The molecule has 0 aromatic rings. The zero-order valence-corrected chi connectivity index (χ0v) is 21.2. The predicted molar refractivity (Wildman–Crippen MR) is 122 cm³/mol. The maximum atomic E-state index is 13.6. The van der Waals surface area contributed by atoms with E-state index in [1.165, 1.54) is 0 Å². The molecular formula is C24H40N2O7. The normalized spacial score (nSPS) is 19.6. The summed E-state index contributed by atoms with van der Waals surface area (Å²) in [4.78, 5) is 54.5. The zero-order valence-electron chi connectivity index (χ0n) is 21.2. The van der Waals surface area contributed by atoms with Gasteiger partial charge in [0.15, 0.2) is 5.78 Å². The molecule has 9 nitrogen and oxygen atoms in total. The molecule has 0 saturated carbocycles. The van der Waals surface area contributed by atoms with E-state index in [4.69, 9.17) is 14.2 Å². The molecule has 0 aromatic carbocycles. The van der Waals surface area contributed by atoms with Crippen LogP contribution in [-0.2, 0) is 23.8 Å². The van der Waals surface area contributed by atoms with Gasteiger partial charge < -0.3 is 24.0 Å². The first-order valence-corrected chi connectivity index (χ1v) is 11.9. The summed E-state index contributed by atoms with van der Waals surface area (Å²) < 4.78 is 16.2. The van der Waals surface area contributed by atoms with Crippen LogP contribution in [0.15, 0.2) is 0 Å². The monoisotopic (exact) mass is 468 g/mol. The van der Waals surface area contributed by atoms with Crippen LogP contribution < -0.4 is 0 Å². The number of carbonyl (C=O) groups is 4. The highest BCUT2D eigenvalue weighted by Crippen LogP contribution is 2.39. The van der Waals surface area contributed by atoms with E-state index < -0.39 is 28.7 Å². The highest BCUT2D eigenvalue weighted by atomic mass is 16.6. The first kappa shape index (κ1) is 26.9. The van der Waals surface area contributed by atoms with Crippen LogP contribution in [0, 0.1) is 11.3 Å². The van der Waals surface area contributed by atoms with Gasteiger partial charge in [0.25, 0.3) is 0 Å². The first-order chi connectivity index (χ1) is 15.2. The number of ketones is 1. The van der Waals surface area contributed by atoms with E-state index in [2.05, 4.69) is 0 Å². The fourth-order valence-electron chi connectivity index (χ4n) is 4.26. The van der Waals surface area contributed by atoms with Crippen molar-refractivity contribution in [1.29, 1.82) is 0 Å². The number of piperidine rings is 2. The Kier molecular flexibility index (Phi) is 8.41. The average molecular weight is 469 g/mol. The van der Waals surface area contributed by atoms with Crippen molar-refractivity contribution in [2.24, 2.45) is 11.3 Å². The van der Waals surface area contributed by atoms with Crippen molar-refractivity contribution in [3.05, 3.63) is 0 Å². The molecule has 2 fully saturated rings. The molecule has 2 aliphatic heterocycles. The Hall–Kier alpha value is -2.32. The van der Waals surface area contributed by atoms with Crippen molar-refractivity contribution in [3.63, 3.8) is 0 Å². The van der Waals surface area contributed by atoms with Gasteiger partial charge in [-0.3, -0.25) is 9.59 Å². The minimum absolute atomic E-state index is 0.145. The van der Waals surface area contributed by atoms with Crippen LogP contribution >= 0.6 is 0 Å². The number of hydrogen-bond donors (Lipinski definition) is 0. The minimum Gasteiger partial charge on any atom is -0.465 e. The van der Waals surface area contributed by atoms with Crippen molar-refractivity contribution in [3.8, 4) is 0 Å². The second-order valence-electron chi connectivity index (χ2n) is 10.9. The van der Waals surface area contributed by atoms with Crippen LogP contribution in [0.25, 0.3) is 0 Å². The second kappa shape index (κ2) is 10.3. The molecule has 0 radical (unpaired) electrons. The molecule has 2 saturated heterocycles. The van der Waals surface area contributed by atoms with E-state index in [-0.39, 0.29) is 50.3 Å². The summed E-state index contributed by atoms with van der Waals surface area (Å²) in [7, 11) is 0. The van der Waals surface area contributed by atoms with Gasteiger partial charge in [0.05, 0.1) is 6.61 Å². The summed E-state index contributed by atoms with van der Waals surface area (Å²) >= 11 is 0. The molecule has 188 valence electrons. The Labute approximate surface area is 197 Å². The van der Waals surface area contributed by atoms with Crippen molar-refractivity contribution in [1.82, 2.24) is 9.80 Å². The van der Waals surface area contributed by atoms with Gasteiger partial charge in [-0.2, -0.15) is 0 Å². The number of esters is 1. The molecule has 0 bridgehead atoms. The summed E-state index contributed by atoms with van der Waals surface area (Å²) in [6.45, 7) is 14.0. The lowest BCUT2D eigenvalue weighted by molar-refractivity contribution is -0.165. The molecule has 2 heterocycles. The van der Waals surface area contributed by atoms with Crippen LogP contribution in [0.5, 0.6) is 0 Å². The number of carbonyl (C=O) groups excluding carboxylic acids is 4. The molecule has 0 N–H and O–H groups in total. The lowest BCUT2D eigenvalue weighted by Crippen LogP contribution is -2.54. The van der Waals surface area contributed by atoms with E-state index in [9.17, 15) is 19.2 Å². The summed E-state index contributed by atoms with van der Waals surface area (Å²) in [5, 5.41) is 0. The topological polar surface area (TPSA) is 102 Å². The smallest absolute Gasteiger partial charge is 0.410 e. The molecule has 0 atom stereocenters. The number of ether oxygens (including phenoxy) is 3. The largest absolute Gasteiger partial charge is 0.465 e. The van der Waals surface area contributed by atoms with Gasteiger partial charge in [-0.05, 0) is 74.1 Å². The van der Waals surface area contributed by atoms with E-state index in [0.29, 0.717) is 25.9 Å². The van der Waals surface area contributed by atoms with Crippen LogP contribution in [0.3, 0.4) is 0 Å².